The number of benzene rings is 2. The molecule has 110 valence electrons. The third-order valence-electron chi connectivity index (χ3n) is 3.51. The van der Waals surface area contributed by atoms with Gasteiger partial charge in [0, 0.05) is 22.7 Å². The highest BCUT2D eigenvalue weighted by atomic mass is 35.5. The molecule has 4 nitrogen and oxygen atoms in total. The number of hydrogen-bond acceptors (Lipinski definition) is 4. The van der Waals surface area contributed by atoms with Crippen molar-refractivity contribution in [3.63, 3.8) is 0 Å². The summed E-state index contributed by atoms with van der Waals surface area (Å²) in [5, 5.41) is 13.6. The monoisotopic (exact) mass is 313 g/mol. The zero-order valence-electron chi connectivity index (χ0n) is 11.5. The van der Waals surface area contributed by atoms with Gasteiger partial charge in [0.2, 0.25) is 5.78 Å². The first-order valence-electron chi connectivity index (χ1n) is 6.68. The van der Waals surface area contributed by atoms with Gasteiger partial charge in [0.1, 0.15) is 5.70 Å². The zero-order chi connectivity index (χ0) is 15.7. The Balaban J connectivity index is 1.95. The summed E-state index contributed by atoms with van der Waals surface area (Å²) in [6.45, 7) is 0.236. The standard InChI is InChI=1S/C17H12ClNO3/c18-13-8-4-1-5-10(13)9-19-14-15(20)11-6-2-3-7-12(11)16(21)17(14)22/h1-8,19-20H,9H2. The predicted octanol–water partition coefficient (Wildman–Crippen LogP) is 3.12. The number of Topliss-reactive ketones (excluding diaryl/α,β-unsaturated/α-hetero) is 2. The van der Waals surface area contributed by atoms with Crippen LogP contribution in [0.25, 0.3) is 5.76 Å². The molecule has 0 heterocycles. The Bertz CT molecular complexity index is 811. The molecule has 2 aromatic rings. The minimum atomic E-state index is -0.747. The Hall–Kier alpha value is -2.59. The van der Waals surface area contributed by atoms with Gasteiger partial charge in [0.15, 0.2) is 5.76 Å². The first-order valence-corrected chi connectivity index (χ1v) is 7.06. The minimum Gasteiger partial charge on any atom is -0.505 e. The number of nitrogens with one attached hydrogen (secondary N) is 1. The second-order valence-electron chi connectivity index (χ2n) is 4.87. The van der Waals surface area contributed by atoms with Gasteiger partial charge in [0.05, 0.1) is 0 Å². The van der Waals surface area contributed by atoms with E-state index in [9.17, 15) is 14.7 Å². The first kappa shape index (κ1) is 14.4. The van der Waals surface area contributed by atoms with Crippen LogP contribution < -0.4 is 5.32 Å². The third kappa shape index (κ3) is 2.38. The molecule has 1 aliphatic carbocycles. The average Bonchev–Trinajstić information content (AvgIpc) is 2.54. The van der Waals surface area contributed by atoms with Gasteiger partial charge >= 0.3 is 0 Å². The maximum absolute atomic E-state index is 12.1. The topological polar surface area (TPSA) is 66.4 Å². The van der Waals surface area contributed by atoms with E-state index in [1.807, 2.05) is 6.07 Å². The number of allylic oxidation sites excluding steroid dienone is 1. The molecule has 22 heavy (non-hydrogen) atoms. The smallest absolute Gasteiger partial charge is 0.253 e. The van der Waals surface area contributed by atoms with Crippen molar-refractivity contribution in [2.24, 2.45) is 0 Å². The number of rotatable bonds is 3. The molecule has 3 rings (SSSR count). The van der Waals surface area contributed by atoms with Crippen LogP contribution in [0.4, 0.5) is 0 Å². The van der Waals surface area contributed by atoms with Gasteiger partial charge in [-0.25, -0.2) is 0 Å². The van der Waals surface area contributed by atoms with E-state index in [0.717, 1.165) is 5.56 Å². The van der Waals surface area contributed by atoms with Crippen molar-refractivity contribution in [3.05, 3.63) is 75.9 Å². The van der Waals surface area contributed by atoms with Crippen LogP contribution in [-0.4, -0.2) is 16.7 Å². The van der Waals surface area contributed by atoms with Gasteiger partial charge < -0.3 is 10.4 Å². The lowest BCUT2D eigenvalue weighted by atomic mass is 9.91. The molecule has 0 aromatic heterocycles. The molecule has 0 atom stereocenters. The fourth-order valence-electron chi connectivity index (χ4n) is 2.36. The molecule has 2 aromatic carbocycles. The van der Waals surface area contributed by atoms with Crippen LogP contribution in [0.5, 0.6) is 0 Å². The molecule has 1 aliphatic rings. The van der Waals surface area contributed by atoms with Crippen LogP contribution in [0.1, 0.15) is 21.5 Å². The fraction of sp³-hybridized carbons (Fsp3) is 0.0588. The molecule has 0 bridgehead atoms. The Morgan fingerprint density at radius 2 is 1.55 bits per heavy atom. The Kier molecular flexibility index (Phi) is 3.69. The molecule has 0 aliphatic heterocycles. The van der Waals surface area contributed by atoms with E-state index in [1.54, 1.807) is 36.4 Å². The summed E-state index contributed by atoms with van der Waals surface area (Å²) in [6.07, 6.45) is 0. The maximum Gasteiger partial charge on any atom is 0.253 e. The lowest BCUT2D eigenvalue weighted by Crippen LogP contribution is -2.31. The molecule has 2 N–H and O–H groups in total. The van der Waals surface area contributed by atoms with Gasteiger partial charge in [-0.2, -0.15) is 0 Å². The van der Waals surface area contributed by atoms with Crippen LogP contribution in [0.3, 0.4) is 0 Å². The normalized spacial score (nSPS) is 14.0. The molecule has 0 saturated carbocycles. The van der Waals surface area contributed by atoms with E-state index in [4.69, 9.17) is 11.6 Å². The Morgan fingerprint density at radius 3 is 2.27 bits per heavy atom. The second-order valence-corrected chi connectivity index (χ2v) is 5.28. The van der Waals surface area contributed by atoms with E-state index in [1.165, 1.54) is 6.07 Å². The van der Waals surface area contributed by atoms with Crippen molar-refractivity contribution in [1.82, 2.24) is 5.32 Å². The number of halogens is 1. The highest BCUT2D eigenvalue weighted by Gasteiger charge is 2.32. The lowest BCUT2D eigenvalue weighted by molar-refractivity contribution is -0.112. The van der Waals surface area contributed by atoms with Crippen molar-refractivity contribution in [2.45, 2.75) is 6.54 Å². The zero-order valence-corrected chi connectivity index (χ0v) is 12.2. The van der Waals surface area contributed by atoms with E-state index in [-0.39, 0.29) is 23.6 Å². The summed E-state index contributed by atoms with van der Waals surface area (Å²) in [7, 11) is 0. The highest BCUT2D eigenvalue weighted by molar-refractivity contribution is 6.52. The molecular weight excluding hydrogens is 302 g/mol. The van der Waals surface area contributed by atoms with E-state index < -0.39 is 11.6 Å². The summed E-state index contributed by atoms with van der Waals surface area (Å²) < 4.78 is 0. The summed E-state index contributed by atoms with van der Waals surface area (Å²) in [5.74, 6) is -1.59. The predicted molar refractivity (Wildman–Crippen MR) is 83.6 cm³/mol. The molecule has 0 amide bonds. The van der Waals surface area contributed by atoms with Crippen LogP contribution in [0.15, 0.2) is 54.2 Å². The number of ketones is 2. The highest BCUT2D eigenvalue weighted by Crippen LogP contribution is 2.26. The quantitative estimate of drug-likeness (QED) is 0.854. The summed E-state index contributed by atoms with van der Waals surface area (Å²) in [6, 6.07) is 13.6. The number of aliphatic hydroxyl groups excluding tert-OH is 1. The van der Waals surface area contributed by atoms with E-state index in [0.29, 0.717) is 10.6 Å². The van der Waals surface area contributed by atoms with E-state index >= 15 is 0 Å². The van der Waals surface area contributed by atoms with Gasteiger partial charge in [-0.05, 0) is 11.6 Å². The van der Waals surface area contributed by atoms with E-state index in [2.05, 4.69) is 5.32 Å². The average molecular weight is 314 g/mol. The van der Waals surface area contributed by atoms with Gasteiger partial charge in [0.25, 0.3) is 5.78 Å². The van der Waals surface area contributed by atoms with Crippen molar-refractivity contribution in [3.8, 4) is 0 Å². The second kappa shape index (κ2) is 5.66. The molecule has 0 fully saturated rings. The Labute approximate surface area is 132 Å². The number of carbonyl (C=O) groups is 2. The molecule has 0 saturated heterocycles. The number of fused-ring (bicyclic) bond motifs is 1. The summed E-state index contributed by atoms with van der Waals surface area (Å²) in [4.78, 5) is 24.2. The van der Waals surface area contributed by atoms with Crippen molar-refractivity contribution in [1.29, 1.82) is 0 Å². The van der Waals surface area contributed by atoms with Crippen LogP contribution in [0, 0.1) is 0 Å². The number of aliphatic hydroxyl groups is 1. The summed E-state index contributed by atoms with van der Waals surface area (Å²) in [5.41, 5.74) is 1.24. The third-order valence-corrected chi connectivity index (χ3v) is 3.88. The summed E-state index contributed by atoms with van der Waals surface area (Å²) >= 11 is 6.05. The molecular formula is C17H12ClNO3. The fourth-order valence-corrected chi connectivity index (χ4v) is 2.56. The van der Waals surface area contributed by atoms with Crippen LogP contribution in [-0.2, 0) is 11.3 Å². The van der Waals surface area contributed by atoms with Gasteiger partial charge in [-0.3, -0.25) is 9.59 Å². The number of hydrogen-bond donors (Lipinski definition) is 2. The maximum atomic E-state index is 12.1. The van der Waals surface area contributed by atoms with Crippen LogP contribution in [0.2, 0.25) is 5.02 Å². The van der Waals surface area contributed by atoms with Crippen molar-refractivity contribution >= 4 is 28.9 Å². The Morgan fingerprint density at radius 1 is 0.909 bits per heavy atom. The lowest BCUT2D eigenvalue weighted by Gasteiger charge is -2.19. The van der Waals surface area contributed by atoms with Crippen molar-refractivity contribution < 1.29 is 14.7 Å². The SMILES string of the molecule is O=C1C(=O)c2ccccc2C(O)=C1NCc1ccccc1Cl. The molecule has 0 radical (unpaired) electrons. The van der Waals surface area contributed by atoms with Crippen LogP contribution >= 0.6 is 11.6 Å². The first-order chi connectivity index (χ1) is 10.6. The van der Waals surface area contributed by atoms with Gasteiger partial charge in [-0.1, -0.05) is 54.1 Å². The van der Waals surface area contributed by atoms with Gasteiger partial charge in [-0.15, -0.1) is 0 Å². The minimum absolute atomic E-state index is 0.0939. The molecule has 5 heteroatoms. The largest absolute Gasteiger partial charge is 0.505 e. The van der Waals surface area contributed by atoms with Crippen molar-refractivity contribution in [2.75, 3.05) is 0 Å². The number of carbonyl (C=O) groups excluding carboxylic acids is 2. The molecule has 0 spiro atoms. The molecule has 0 unspecified atom stereocenters.